The van der Waals surface area contributed by atoms with Gasteiger partial charge in [0.05, 0.1) is 0 Å². The Hall–Kier alpha value is -1.07. The van der Waals surface area contributed by atoms with Crippen LogP contribution >= 0.6 is 15.9 Å². The largest absolute Gasteiger partial charge is 0.444 e. The molecule has 0 heterocycles. The SMILES string of the molecule is CC(NC(CNC(=O)OC(C)(C)C)C1CC1)c1ccccc1Br. The van der Waals surface area contributed by atoms with E-state index in [9.17, 15) is 4.79 Å². The molecule has 1 saturated carbocycles. The molecule has 0 spiro atoms. The molecular weight excluding hydrogens is 356 g/mol. The molecule has 4 nitrogen and oxygen atoms in total. The van der Waals surface area contributed by atoms with E-state index in [4.69, 9.17) is 4.74 Å². The second-order valence-corrected chi connectivity index (χ2v) is 8.09. The lowest BCUT2D eigenvalue weighted by Crippen LogP contribution is -2.44. The lowest BCUT2D eigenvalue weighted by Gasteiger charge is -2.26. The van der Waals surface area contributed by atoms with Crippen LogP contribution in [0.3, 0.4) is 0 Å². The van der Waals surface area contributed by atoms with Gasteiger partial charge in [0.1, 0.15) is 5.60 Å². The zero-order valence-corrected chi connectivity index (χ0v) is 15.9. The second-order valence-electron chi connectivity index (χ2n) is 7.24. The number of hydrogen-bond donors (Lipinski definition) is 2. The maximum Gasteiger partial charge on any atom is 0.407 e. The lowest BCUT2D eigenvalue weighted by molar-refractivity contribution is 0.0520. The van der Waals surface area contributed by atoms with Crippen molar-refractivity contribution in [2.24, 2.45) is 5.92 Å². The Morgan fingerprint density at radius 1 is 1.35 bits per heavy atom. The van der Waals surface area contributed by atoms with Crippen molar-refractivity contribution in [3.63, 3.8) is 0 Å². The molecule has 1 aromatic carbocycles. The molecule has 0 aromatic heterocycles. The van der Waals surface area contributed by atoms with Crippen molar-refractivity contribution in [2.75, 3.05) is 6.54 Å². The van der Waals surface area contributed by atoms with E-state index in [1.54, 1.807) is 0 Å². The number of alkyl carbamates (subject to hydrolysis) is 1. The Labute approximate surface area is 147 Å². The molecule has 1 aliphatic carbocycles. The molecule has 2 atom stereocenters. The molecule has 2 rings (SSSR count). The molecule has 0 bridgehead atoms. The van der Waals surface area contributed by atoms with Gasteiger partial charge >= 0.3 is 6.09 Å². The fourth-order valence-corrected chi connectivity index (χ4v) is 3.23. The summed E-state index contributed by atoms with van der Waals surface area (Å²) in [5.41, 5.74) is 0.768. The Balaban J connectivity index is 1.89. The van der Waals surface area contributed by atoms with E-state index in [2.05, 4.69) is 45.6 Å². The topological polar surface area (TPSA) is 50.4 Å². The maximum absolute atomic E-state index is 11.8. The van der Waals surface area contributed by atoms with E-state index in [1.807, 2.05) is 32.9 Å². The molecular formula is C18H27BrN2O2. The first kappa shape index (κ1) is 18.3. The van der Waals surface area contributed by atoms with Gasteiger partial charge in [-0.1, -0.05) is 34.1 Å². The van der Waals surface area contributed by atoms with Crippen LogP contribution in [0.25, 0.3) is 0 Å². The monoisotopic (exact) mass is 382 g/mol. The van der Waals surface area contributed by atoms with Crippen molar-refractivity contribution in [1.29, 1.82) is 0 Å². The zero-order valence-electron chi connectivity index (χ0n) is 14.4. The lowest BCUT2D eigenvalue weighted by atomic mass is 10.1. The number of nitrogens with one attached hydrogen (secondary N) is 2. The van der Waals surface area contributed by atoms with Crippen molar-refractivity contribution in [3.05, 3.63) is 34.3 Å². The third-order valence-corrected chi connectivity index (χ3v) is 4.61. The Bertz CT molecular complexity index is 538. The van der Waals surface area contributed by atoms with Crippen LogP contribution in [0, 0.1) is 5.92 Å². The normalized spacial score (nSPS) is 17.4. The standard InChI is InChI=1S/C18H27BrN2O2/c1-12(14-7-5-6-8-15(14)19)21-16(13-9-10-13)11-20-17(22)23-18(2,3)4/h5-8,12-13,16,21H,9-11H2,1-4H3,(H,20,22). The second kappa shape index (κ2) is 7.67. The van der Waals surface area contributed by atoms with Crippen molar-refractivity contribution in [1.82, 2.24) is 10.6 Å². The molecule has 0 aliphatic heterocycles. The van der Waals surface area contributed by atoms with Gasteiger partial charge in [-0.15, -0.1) is 0 Å². The maximum atomic E-state index is 11.8. The average molecular weight is 383 g/mol. The van der Waals surface area contributed by atoms with Gasteiger partial charge in [-0.3, -0.25) is 0 Å². The number of carbonyl (C=O) groups excluding carboxylic acids is 1. The fraction of sp³-hybridized carbons (Fsp3) is 0.611. The first-order valence-electron chi connectivity index (χ1n) is 8.23. The first-order chi connectivity index (χ1) is 10.8. The highest BCUT2D eigenvalue weighted by molar-refractivity contribution is 9.10. The minimum atomic E-state index is -0.464. The van der Waals surface area contributed by atoms with Crippen LogP contribution in [0.1, 0.15) is 52.1 Å². The van der Waals surface area contributed by atoms with Crippen molar-refractivity contribution >= 4 is 22.0 Å². The van der Waals surface area contributed by atoms with E-state index in [0.717, 1.165) is 4.47 Å². The summed E-state index contributed by atoms with van der Waals surface area (Å²) < 4.78 is 6.42. The van der Waals surface area contributed by atoms with E-state index in [0.29, 0.717) is 12.5 Å². The number of carbonyl (C=O) groups is 1. The van der Waals surface area contributed by atoms with Gasteiger partial charge < -0.3 is 15.4 Å². The Morgan fingerprint density at radius 3 is 2.57 bits per heavy atom. The minimum Gasteiger partial charge on any atom is -0.444 e. The van der Waals surface area contributed by atoms with E-state index < -0.39 is 5.60 Å². The predicted molar refractivity (Wildman–Crippen MR) is 96.4 cm³/mol. The third kappa shape index (κ3) is 6.15. The molecule has 1 fully saturated rings. The highest BCUT2D eigenvalue weighted by Crippen LogP contribution is 2.34. The molecule has 0 saturated heterocycles. The minimum absolute atomic E-state index is 0.219. The summed E-state index contributed by atoms with van der Waals surface area (Å²) in [7, 11) is 0. The summed E-state index contributed by atoms with van der Waals surface area (Å²) in [6.07, 6.45) is 2.09. The van der Waals surface area contributed by atoms with Crippen LogP contribution in [-0.4, -0.2) is 24.3 Å². The number of rotatable bonds is 6. The predicted octanol–water partition coefficient (Wildman–Crippen LogP) is 4.40. The molecule has 0 radical (unpaired) electrons. The number of hydrogen-bond acceptors (Lipinski definition) is 3. The molecule has 23 heavy (non-hydrogen) atoms. The van der Waals surface area contributed by atoms with Gasteiger partial charge in [0.25, 0.3) is 0 Å². The van der Waals surface area contributed by atoms with Gasteiger partial charge in [0.15, 0.2) is 0 Å². The third-order valence-electron chi connectivity index (χ3n) is 3.89. The van der Waals surface area contributed by atoms with Gasteiger partial charge in [-0.05, 0) is 58.1 Å². The fourth-order valence-electron chi connectivity index (χ4n) is 2.60. The van der Waals surface area contributed by atoms with Crippen LogP contribution < -0.4 is 10.6 Å². The number of benzene rings is 1. The first-order valence-corrected chi connectivity index (χ1v) is 9.03. The quantitative estimate of drug-likeness (QED) is 0.766. The molecule has 2 unspecified atom stereocenters. The van der Waals surface area contributed by atoms with Crippen LogP contribution in [0.15, 0.2) is 28.7 Å². The van der Waals surface area contributed by atoms with Crippen LogP contribution in [0.2, 0.25) is 0 Å². The number of amides is 1. The molecule has 2 N–H and O–H groups in total. The van der Waals surface area contributed by atoms with E-state index >= 15 is 0 Å². The highest BCUT2D eigenvalue weighted by Gasteiger charge is 2.32. The van der Waals surface area contributed by atoms with Crippen LogP contribution in [0.5, 0.6) is 0 Å². The van der Waals surface area contributed by atoms with Gasteiger partial charge in [0, 0.05) is 23.1 Å². The summed E-state index contributed by atoms with van der Waals surface area (Å²) >= 11 is 3.60. The van der Waals surface area contributed by atoms with Crippen molar-refractivity contribution in [3.8, 4) is 0 Å². The molecule has 1 amide bonds. The summed E-state index contributed by atoms with van der Waals surface area (Å²) in [4.78, 5) is 11.8. The Kier molecular flexibility index (Phi) is 6.09. The van der Waals surface area contributed by atoms with Gasteiger partial charge in [-0.2, -0.15) is 0 Å². The molecule has 128 valence electrons. The van der Waals surface area contributed by atoms with E-state index in [1.165, 1.54) is 18.4 Å². The highest BCUT2D eigenvalue weighted by atomic mass is 79.9. The molecule has 1 aliphatic rings. The Morgan fingerprint density at radius 2 is 2.00 bits per heavy atom. The van der Waals surface area contributed by atoms with Crippen molar-refractivity contribution < 1.29 is 9.53 Å². The zero-order chi connectivity index (χ0) is 17.0. The van der Waals surface area contributed by atoms with Crippen molar-refractivity contribution in [2.45, 2.75) is 58.2 Å². The molecule has 1 aromatic rings. The van der Waals surface area contributed by atoms with Gasteiger partial charge in [-0.25, -0.2) is 4.79 Å². The number of ether oxygens (including phenoxy) is 1. The van der Waals surface area contributed by atoms with E-state index in [-0.39, 0.29) is 18.2 Å². The van der Waals surface area contributed by atoms with Crippen LogP contribution in [-0.2, 0) is 4.74 Å². The van der Waals surface area contributed by atoms with Gasteiger partial charge in [0.2, 0.25) is 0 Å². The smallest absolute Gasteiger partial charge is 0.407 e. The summed E-state index contributed by atoms with van der Waals surface area (Å²) in [5, 5.41) is 6.55. The number of halogens is 1. The molecule has 5 heteroatoms. The summed E-state index contributed by atoms with van der Waals surface area (Å²) in [6.45, 7) is 8.37. The average Bonchev–Trinajstić information content (AvgIpc) is 3.26. The van der Waals surface area contributed by atoms with Crippen LogP contribution in [0.4, 0.5) is 4.79 Å². The summed E-state index contributed by atoms with van der Waals surface area (Å²) in [6, 6.07) is 8.72. The summed E-state index contributed by atoms with van der Waals surface area (Å²) in [5.74, 6) is 0.634.